The van der Waals surface area contributed by atoms with Gasteiger partial charge in [-0.3, -0.25) is 0 Å². The average molecular weight is 389 g/mol. The van der Waals surface area contributed by atoms with E-state index in [-0.39, 0.29) is 12.8 Å². The molecule has 0 saturated carbocycles. The number of hydrogen-bond acceptors (Lipinski definition) is 8. The number of aromatic nitrogens is 2. The van der Waals surface area contributed by atoms with Gasteiger partial charge >= 0.3 is 0 Å². The van der Waals surface area contributed by atoms with Crippen LogP contribution in [-0.2, 0) is 0 Å². The van der Waals surface area contributed by atoms with Crippen molar-refractivity contribution in [1.29, 1.82) is 0 Å². The number of nitrogens with two attached hydrogens (primary N) is 1. The number of ether oxygens (including phenoxy) is 3. The third kappa shape index (κ3) is 3.18. The Hall–Kier alpha value is -3.81. The zero-order valence-electron chi connectivity index (χ0n) is 15.8. The van der Waals surface area contributed by atoms with Gasteiger partial charge in [-0.15, -0.1) is 0 Å². The van der Waals surface area contributed by atoms with Crippen LogP contribution in [0, 0.1) is 0 Å². The maximum Gasteiger partial charge on any atom is 0.231 e. The number of nitrogens with zero attached hydrogens (tertiary/aromatic N) is 3. The minimum absolute atomic E-state index is 0.0550. The van der Waals surface area contributed by atoms with Gasteiger partial charge in [-0.2, -0.15) is 0 Å². The van der Waals surface area contributed by atoms with Crippen molar-refractivity contribution in [3.63, 3.8) is 0 Å². The van der Waals surface area contributed by atoms with E-state index in [0.717, 1.165) is 28.3 Å². The highest BCUT2D eigenvalue weighted by atomic mass is 16.7. The molecule has 2 aliphatic rings. The summed E-state index contributed by atoms with van der Waals surface area (Å²) in [4.78, 5) is 13.3. The molecule has 0 fully saturated rings. The van der Waals surface area contributed by atoms with E-state index in [1.807, 2.05) is 42.5 Å². The topological polar surface area (TPSA) is 104 Å². The number of anilines is 2. The fourth-order valence-corrected chi connectivity index (χ4v) is 3.49. The first-order valence-electron chi connectivity index (χ1n) is 9.20. The van der Waals surface area contributed by atoms with Gasteiger partial charge in [0.05, 0.1) is 18.9 Å². The van der Waals surface area contributed by atoms with Crippen LogP contribution in [0.1, 0.15) is 23.6 Å². The molecule has 29 heavy (non-hydrogen) atoms. The van der Waals surface area contributed by atoms with Crippen LogP contribution < -0.4 is 25.3 Å². The third-order valence-electron chi connectivity index (χ3n) is 5.03. The van der Waals surface area contributed by atoms with Gasteiger partial charge in [0.2, 0.25) is 6.79 Å². The van der Waals surface area contributed by atoms with E-state index >= 15 is 0 Å². The van der Waals surface area contributed by atoms with Crippen molar-refractivity contribution in [2.45, 2.75) is 12.5 Å². The quantitative estimate of drug-likeness (QED) is 0.707. The molecular formula is C21H19N5O3. The molecular weight excluding hydrogens is 370 g/mol. The molecule has 0 radical (unpaired) electrons. The molecule has 8 nitrogen and oxygen atoms in total. The molecule has 5 rings (SSSR count). The molecule has 0 spiro atoms. The van der Waals surface area contributed by atoms with Crippen molar-refractivity contribution in [3.8, 4) is 17.2 Å². The van der Waals surface area contributed by atoms with Crippen molar-refractivity contribution in [3.05, 3.63) is 59.9 Å². The Kier molecular flexibility index (Phi) is 4.16. The highest BCUT2D eigenvalue weighted by Crippen LogP contribution is 2.39. The highest BCUT2D eigenvalue weighted by Gasteiger charge is 2.25. The fraction of sp³-hybridized carbons (Fsp3) is 0.190. The number of hydrogen-bond donors (Lipinski definition) is 2. The summed E-state index contributed by atoms with van der Waals surface area (Å²) in [5.41, 5.74) is 9.52. The van der Waals surface area contributed by atoms with Crippen molar-refractivity contribution in [1.82, 2.24) is 9.97 Å². The van der Waals surface area contributed by atoms with Gasteiger partial charge in [-0.05, 0) is 41.5 Å². The predicted octanol–water partition coefficient (Wildman–Crippen LogP) is 3.47. The van der Waals surface area contributed by atoms with Gasteiger partial charge in [0.15, 0.2) is 23.1 Å². The van der Waals surface area contributed by atoms with Crippen LogP contribution in [0.2, 0.25) is 0 Å². The average Bonchev–Trinajstić information content (AvgIpc) is 3.13. The van der Waals surface area contributed by atoms with Crippen molar-refractivity contribution in [2.75, 3.05) is 25.0 Å². The second-order valence-corrected chi connectivity index (χ2v) is 6.76. The van der Waals surface area contributed by atoms with Gasteiger partial charge in [-0.25, -0.2) is 15.0 Å². The molecule has 146 valence electrons. The van der Waals surface area contributed by atoms with Gasteiger partial charge in [0.1, 0.15) is 17.8 Å². The summed E-state index contributed by atoms with van der Waals surface area (Å²) in [6, 6.07) is 13.7. The van der Waals surface area contributed by atoms with Crippen LogP contribution in [-0.4, -0.2) is 29.6 Å². The van der Waals surface area contributed by atoms with E-state index in [4.69, 9.17) is 24.9 Å². The number of nitrogens with one attached hydrogen (secondary N) is 1. The van der Waals surface area contributed by atoms with Gasteiger partial charge in [0.25, 0.3) is 0 Å². The van der Waals surface area contributed by atoms with E-state index in [1.165, 1.54) is 6.33 Å². The van der Waals surface area contributed by atoms with Crippen molar-refractivity contribution < 1.29 is 14.2 Å². The molecule has 0 saturated heterocycles. The Morgan fingerprint density at radius 2 is 1.90 bits per heavy atom. The Balaban J connectivity index is 1.59. The molecule has 3 N–H and O–H groups in total. The number of rotatable bonds is 3. The highest BCUT2D eigenvalue weighted by molar-refractivity contribution is 6.05. The number of aliphatic imine (C=N–C) groups is 1. The summed E-state index contributed by atoms with van der Waals surface area (Å²) < 4.78 is 16.2. The van der Waals surface area contributed by atoms with Crippen LogP contribution in [0.25, 0.3) is 0 Å². The summed E-state index contributed by atoms with van der Waals surface area (Å²) >= 11 is 0. The lowest BCUT2D eigenvalue weighted by atomic mass is 9.97. The first kappa shape index (κ1) is 17.3. The van der Waals surface area contributed by atoms with E-state index in [9.17, 15) is 0 Å². The minimum atomic E-state index is -0.0550. The van der Waals surface area contributed by atoms with Gasteiger partial charge in [0, 0.05) is 6.42 Å². The second-order valence-electron chi connectivity index (χ2n) is 6.76. The standard InChI is InChI=1S/C21H19N5O3/c1-27-14-5-2-12(3-6-14)15-9-16(13-4-7-17-18(8-13)29-11-28-17)25-19-20(22)23-10-24-21(19)26-15/h2-8,10,15H,9,11H2,1H3,(H3,22,23,24,26). The summed E-state index contributed by atoms with van der Waals surface area (Å²) in [7, 11) is 1.65. The molecule has 0 aliphatic carbocycles. The Bertz CT molecular complexity index is 1100. The Morgan fingerprint density at radius 3 is 2.72 bits per heavy atom. The fourth-order valence-electron chi connectivity index (χ4n) is 3.49. The first-order valence-corrected chi connectivity index (χ1v) is 9.20. The Morgan fingerprint density at radius 1 is 1.07 bits per heavy atom. The number of benzene rings is 2. The lowest BCUT2D eigenvalue weighted by Crippen LogP contribution is -2.15. The molecule has 3 heterocycles. The lowest BCUT2D eigenvalue weighted by Gasteiger charge is -2.19. The number of nitrogen functional groups attached to an aromatic ring is 1. The van der Waals surface area contributed by atoms with Crippen LogP contribution in [0.15, 0.2) is 53.8 Å². The van der Waals surface area contributed by atoms with E-state index in [2.05, 4.69) is 15.3 Å². The number of methoxy groups -OCH3 is 1. The molecule has 0 amide bonds. The normalized spacial score (nSPS) is 17.0. The summed E-state index contributed by atoms with van der Waals surface area (Å²) in [6.45, 7) is 0.227. The van der Waals surface area contributed by atoms with Crippen molar-refractivity contribution >= 4 is 23.0 Å². The largest absolute Gasteiger partial charge is 0.497 e. The molecule has 8 heteroatoms. The molecule has 1 atom stereocenters. The molecule has 0 bridgehead atoms. The zero-order chi connectivity index (χ0) is 19.8. The van der Waals surface area contributed by atoms with E-state index < -0.39 is 0 Å². The molecule has 2 aromatic carbocycles. The minimum Gasteiger partial charge on any atom is -0.497 e. The first-order chi connectivity index (χ1) is 14.2. The monoisotopic (exact) mass is 389 g/mol. The van der Waals surface area contributed by atoms with Gasteiger partial charge in [-0.1, -0.05) is 12.1 Å². The van der Waals surface area contributed by atoms with Crippen LogP contribution >= 0.6 is 0 Å². The summed E-state index contributed by atoms with van der Waals surface area (Å²) in [5, 5.41) is 3.46. The van der Waals surface area contributed by atoms with Crippen LogP contribution in [0.5, 0.6) is 17.2 Å². The zero-order valence-corrected chi connectivity index (χ0v) is 15.8. The smallest absolute Gasteiger partial charge is 0.231 e. The van der Waals surface area contributed by atoms with Crippen LogP contribution in [0.4, 0.5) is 17.3 Å². The van der Waals surface area contributed by atoms with E-state index in [1.54, 1.807) is 7.11 Å². The van der Waals surface area contributed by atoms with E-state index in [0.29, 0.717) is 29.5 Å². The van der Waals surface area contributed by atoms with Crippen molar-refractivity contribution in [2.24, 2.45) is 4.99 Å². The molecule has 2 aliphatic heterocycles. The summed E-state index contributed by atoms with van der Waals surface area (Å²) in [5.74, 6) is 3.18. The summed E-state index contributed by atoms with van der Waals surface area (Å²) in [6.07, 6.45) is 2.06. The molecule has 1 aromatic heterocycles. The van der Waals surface area contributed by atoms with Crippen LogP contribution in [0.3, 0.4) is 0 Å². The predicted molar refractivity (Wildman–Crippen MR) is 109 cm³/mol. The third-order valence-corrected chi connectivity index (χ3v) is 5.03. The molecule has 3 aromatic rings. The van der Waals surface area contributed by atoms with Gasteiger partial charge < -0.3 is 25.3 Å². The SMILES string of the molecule is COc1ccc(C2CC(c3ccc4c(c3)OCO4)=Nc3c(N)ncnc3N2)cc1. The lowest BCUT2D eigenvalue weighted by molar-refractivity contribution is 0.174. The maximum atomic E-state index is 6.10. The second kappa shape index (κ2) is 6.97. The molecule has 1 unspecified atom stereocenters. The number of fused-ring (bicyclic) bond motifs is 2. The Labute approximate surface area is 167 Å². The maximum absolute atomic E-state index is 6.10.